The van der Waals surface area contributed by atoms with Gasteiger partial charge in [-0.1, -0.05) is 26.0 Å². The Balaban J connectivity index is 2.76. The Morgan fingerprint density at radius 2 is 2.08 bits per heavy atom. The number of hydrogen-bond acceptors (Lipinski definition) is 2. The second-order valence-electron chi connectivity index (χ2n) is 3.85. The predicted molar refractivity (Wildman–Crippen MR) is 61.5 cm³/mol. The molecule has 2 heteroatoms. The van der Waals surface area contributed by atoms with Crippen molar-refractivity contribution in [3.63, 3.8) is 0 Å². The van der Waals surface area contributed by atoms with E-state index in [0.29, 0.717) is 5.92 Å². The van der Waals surface area contributed by atoms with Crippen molar-refractivity contribution in [1.29, 1.82) is 0 Å². The van der Waals surface area contributed by atoms with Gasteiger partial charge in [0, 0.05) is 0 Å². The quantitative estimate of drug-likeness (QED) is 0.751. The van der Waals surface area contributed by atoms with E-state index in [0.717, 1.165) is 0 Å². The lowest BCUT2D eigenvalue weighted by atomic mass is 9.96. The van der Waals surface area contributed by atoms with E-state index in [2.05, 4.69) is 31.4 Å². The maximum atomic E-state index is 6.04. The molecule has 0 saturated heterocycles. The van der Waals surface area contributed by atoms with Gasteiger partial charge in [0.15, 0.2) is 0 Å². The van der Waals surface area contributed by atoms with E-state index in [9.17, 15) is 0 Å². The number of nitrogens with two attached hydrogens (primary N) is 1. The maximum Gasteiger partial charge on any atom is 0.0515 e. The molecule has 0 bridgehead atoms. The van der Waals surface area contributed by atoms with E-state index in [4.69, 9.17) is 5.73 Å². The molecule has 0 aromatic carbocycles. The van der Waals surface area contributed by atoms with E-state index in [1.165, 1.54) is 17.7 Å². The first-order valence-corrected chi connectivity index (χ1v) is 5.83. The summed E-state index contributed by atoms with van der Waals surface area (Å²) in [5, 5.41) is 2.12. The van der Waals surface area contributed by atoms with Gasteiger partial charge in [0.05, 0.1) is 5.54 Å². The van der Waals surface area contributed by atoms with Crippen LogP contribution < -0.4 is 5.73 Å². The molecule has 0 radical (unpaired) electrons. The summed E-state index contributed by atoms with van der Waals surface area (Å²) in [6.07, 6.45) is 6.68. The molecule has 0 amide bonds. The average Bonchev–Trinajstić information content (AvgIpc) is 2.05. The van der Waals surface area contributed by atoms with Gasteiger partial charge >= 0.3 is 0 Å². The first kappa shape index (κ1) is 10.9. The van der Waals surface area contributed by atoms with Crippen LogP contribution in [-0.4, -0.2) is 5.54 Å². The van der Waals surface area contributed by atoms with E-state index in [-0.39, 0.29) is 5.54 Å². The molecule has 1 aliphatic heterocycles. The van der Waals surface area contributed by atoms with Gasteiger partial charge < -0.3 is 5.73 Å². The second-order valence-corrected chi connectivity index (χ2v) is 4.83. The summed E-state index contributed by atoms with van der Waals surface area (Å²) in [6.45, 7) is 6.52. The third kappa shape index (κ3) is 2.89. The molecule has 0 spiro atoms. The minimum atomic E-state index is -0.233. The van der Waals surface area contributed by atoms with Gasteiger partial charge in [0.2, 0.25) is 0 Å². The molecule has 13 heavy (non-hydrogen) atoms. The molecule has 1 aliphatic rings. The van der Waals surface area contributed by atoms with Gasteiger partial charge in [-0.15, -0.1) is 11.8 Å². The molecule has 0 fully saturated rings. The van der Waals surface area contributed by atoms with Crippen molar-refractivity contribution in [1.82, 2.24) is 0 Å². The summed E-state index contributed by atoms with van der Waals surface area (Å²) in [4.78, 5) is 1.44. The predicted octanol–water partition coefficient (Wildman–Crippen LogP) is 3.28. The fourth-order valence-electron chi connectivity index (χ4n) is 1.55. The van der Waals surface area contributed by atoms with Crippen LogP contribution in [0.1, 0.15) is 33.6 Å². The number of rotatable bonds is 3. The van der Waals surface area contributed by atoms with Crippen molar-refractivity contribution >= 4 is 11.8 Å². The maximum absolute atomic E-state index is 6.04. The van der Waals surface area contributed by atoms with E-state index in [1.807, 2.05) is 18.7 Å². The highest BCUT2D eigenvalue weighted by molar-refractivity contribution is 8.05. The molecule has 0 aromatic heterocycles. The van der Waals surface area contributed by atoms with Crippen molar-refractivity contribution < 1.29 is 0 Å². The standard InChI is InChI=1S/C11H19NS/c1-4-9(5-2)10-8-11(3,12)6-7-13-10/h6-9H,4-5,12H2,1-3H3. The fraction of sp³-hybridized carbons (Fsp3) is 0.636. The summed E-state index contributed by atoms with van der Waals surface area (Å²) in [5.41, 5.74) is 5.81. The summed E-state index contributed by atoms with van der Waals surface area (Å²) in [7, 11) is 0. The largest absolute Gasteiger partial charge is 0.319 e. The minimum Gasteiger partial charge on any atom is -0.319 e. The summed E-state index contributed by atoms with van der Waals surface area (Å²) in [5.74, 6) is 0.692. The van der Waals surface area contributed by atoms with Gasteiger partial charge in [-0.3, -0.25) is 0 Å². The molecule has 0 aromatic rings. The zero-order valence-corrected chi connectivity index (χ0v) is 9.53. The van der Waals surface area contributed by atoms with Crippen LogP contribution in [0.4, 0.5) is 0 Å². The Labute approximate surface area is 85.5 Å². The monoisotopic (exact) mass is 197 g/mol. The lowest BCUT2D eigenvalue weighted by Crippen LogP contribution is -2.32. The fourth-order valence-corrected chi connectivity index (χ4v) is 2.92. The Kier molecular flexibility index (Phi) is 3.63. The smallest absolute Gasteiger partial charge is 0.0515 e. The van der Waals surface area contributed by atoms with Crippen LogP contribution >= 0.6 is 11.8 Å². The molecule has 1 unspecified atom stereocenters. The third-order valence-corrected chi connectivity index (χ3v) is 3.47. The zero-order chi connectivity index (χ0) is 9.90. The highest BCUT2D eigenvalue weighted by Crippen LogP contribution is 2.35. The molecular formula is C11H19NS. The Hall–Kier alpha value is -0.210. The summed E-state index contributed by atoms with van der Waals surface area (Å²) in [6, 6.07) is 0. The Morgan fingerprint density at radius 3 is 2.54 bits per heavy atom. The zero-order valence-electron chi connectivity index (χ0n) is 8.71. The first-order chi connectivity index (χ1) is 6.09. The number of thioether (sulfide) groups is 1. The number of hydrogen-bond donors (Lipinski definition) is 1. The lowest BCUT2D eigenvalue weighted by Gasteiger charge is -2.25. The van der Waals surface area contributed by atoms with Gasteiger partial charge in [-0.25, -0.2) is 0 Å². The molecular weight excluding hydrogens is 178 g/mol. The molecule has 0 aliphatic carbocycles. The van der Waals surface area contributed by atoms with Crippen molar-refractivity contribution in [3.8, 4) is 0 Å². The normalized spacial score (nSPS) is 27.9. The Bertz CT molecular complexity index is 224. The summed E-state index contributed by atoms with van der Waals surface area (Å²) < 4.78 is 0. The van der Waals surface area contributed by atoms with Crippen molar-refractivity contribution in [2.75, 3.05) is 0 Å². The van der Waals surface area contributed by atoms with Crippen LogP contribution in [0.15, 0.2) is 22.5 Å². The topological polar surface area (TPSA) is 26.0 Å². The molecule has 74 valence electrons. The van der Waals surface area contributed by atoms with Crippen LogP contribution in [0.5, 0.6) is 0 Å². The second kappa shape index (κ2) is 4.34. The average molecular weight is 197 g/mol. The van der Waals surface area contributed by atoms with Gasteiger partial charge in [0.1, 0.15) is 0 Å². The highest BCUT2D eigenvalue weighted by Gasteiger charge is 2.20. The molecule has 1 heterocycles. The minimum absolute atomic E-state index is 0.233. The van der Waals surface area contributed by atoms with Gasteiger partial charge in [-0.05, 0) is 36.0 Å². The van der Waals surface area contributed by atoms with Crippen LogP contribution in [0.3, 0.4) is 0 Å². The molecule has 2 N–H and O–H groups in total. The van der Waals surface area contributed by atoms with Gasteiger partial charge in [0.25, 0.3) is 0 Å². The van der Waals surface area contributed by atoms with Crippen molar-refractivity contribution in [3.05, 3.63) is 22.5 Å². The highest BCUT2D eigenvalue weighted by atomic mass is 32.2. The van der Waals surface area contributed by atoms with Crippen LogP contribution in [0, 0.1) is 5.92 Å². The van der Waals surface area contributed by atoms with E-state index in [1.54, 1.807) is 0 Å². The molecule has 0 saturated carbocycles. The molecule has 1 atom stereocenters. The molecule has 1 nitrogen and oxygen atoms in total. The third-order valence-electron chi connectivity index (χ3n) is 2.47. The van der Waals surface area contributed by atoms with Crippen molar-refractivity contribution in [2.24, 2.45) is 11.7 Å². The summed E-state index contributed by atoms with van der Waals surface area (Å²) >= 11 is 1.82. The Morgan fingerprint density at radius 1 is 1.46 bits per heavy atom. The van der Waals surface area contributed by atoms with Crippen LogP contribution in [-0.2, 0) is 0 Å². The number of allylic oxidation sites excluding steroid dienone is 1. The lowest BCUT2D eigenvalue weighted by molar-refractivity contribution is 0.586. The molecule has 1 rings (SSSR count). The van der Waals surface area contributed by atoms with Crippen LogP contribution in [0.2, 0.25) is 0 Å². The van der Waals surface area contributed by atoms with E-state index < -0.39 is 0 Å². The van der Waals surface area contributed by atoms with Crippen molar-refractivity contribution in [2.45, 2.75) is 39.2 Å². The van der Waals surface area contributed by atoms with E-state index >= 15 is 0 Å². The van der Waals surface area contributed by atoms with Gasteiger partial charge in [-0.2, -0.15) is 0 Å². The SMILES string of the molecule is CCC(CC)C1=CC(C)(N)C=CS1. The first-order valence-electron chi connectivity index (χ1n) is 4.95. The van der Waals surface area contributed by atoms with Crippen LogP contribution in [0.25, 0.3) is 0 Å².